The summed E-state index contributed by atoms with van der Waals surface area (Å²) >= 11 is 3.17. The minimum atomic E-state index is -0.374. The molecule has 0 fully saturated rings. The first-order valence-electron chi connectivity index (χ1n) is 6.47. The molecule has 1 heterocycles. The molecule has 0 N–H and O–H groups in total. The minimum absolute atomic E-state index is 0.222. The predicted molar refractivity (Wildman–Crippen MR) is 78.3 cm³/mol. The van der Waals surface area contributed by atoms with Crippen molar-refractivity contribution in [2.24, 2.45) is 11.8 Å². The Labute approximate surface area is 127 Å². The molecule has 1 aromatic rings. The molecule has 1 unspecified atom stereocenters. The summed E-state index contributed by atoms with van der Waals surface area (Å²) in [7, 11) is 1.34. The van der Waals surface area contributed by atoms with Crippen molar-refractivity contribution in [3.63, 3.8) is 0 Å². The van der Waals surface area contributed by atoms with Gasteiger partial charge in [0.25, 0.3) is 5.91 Å². The largest absolute Gasteiger partial charge is 0.469 e. The summed E-state index contributed by atoms with van der Waals surface area (Å²) in [4.78, 5) is 25.5. The van der Waals surface area contributed by atoms with Crippen LogP contribution in [0.2, 0.25) is 0 Å². The van der Waals surface area contributed by atoms with Crippen LogP contribution in [0, 0.1) is 11.8 Å². The third-order valence-corrected chi connectivity index (χ3v) is 3.18. The van der Waals surface area contributed by atoms with Gasteiger partial charge in [0.05, 0.1) is 13.0 Å². The molecular formula is C14H20BrNO4. The summed E-state index contributed by atoms with van der Waals surface area (Å²) < 4.78 is 10.5. The number of amides is 1. The monoisotopic (exact) mass is 345 g/mol. The first kappa shape index (κ1) is 16.8. The van der Waals surface area contributed by atoms with E-state index < -0.39 is 0 Å². The van der Waals surface area contributed by atoms with E-state index >= 15 is 0 Å². The van der Waals surface area contributed by atoms with Crippen LogP contribution in [-0.4, -0.2) is 37.0 Å². The van der Waals surface area contributed by atoms with Gasteiger partial charge in [-0.1, -0.05) is 20.8 Å². The third-order valence-electron chi connectivity index (χ3n) is 2.75. The Kier molecular flexibility index (Phi) is 6.26. The van der Waals surface area contributed by atoms with Gasteiger partial charge in [0, 0.05) is 13.1 Å². The zero-order valence-corrected chi connectivity index (χ0v) is 13.8. The van der Waals surface area contributed by atoms with Crippen LogP contribution in [0.3, 0.4) is 0 Å². The molecule has 1 rings (SSSR count). The molecule has 6 heteroatoms. The Morgan fingerprint density at radius 3 is 2.40 bits per heavy atom. The van der Waals surface area contributed by atoms with Crippen LogP contribution in [0.1, 0.15) is 31.3 Å². The van der Waals surface area contributed by atoms with Gasteiger partial charge in [0.15, 0.2) is 10.4 Å². The summed E-state index contributed by atoms with van der Waals surface area (Å²) in [5.74, 6) is -0.370. The second-order valence-electron chi connectivity index (χ2n) is 5.13. The Morgan fingerprint density at radius 2 is 1.95 bits per heavy atom. The quantitative estimate of drug-likeness (QED) is 0.743. The van der Waals surface area contributed by atoms with Crippen molar-refractivity contribution in [1.29, 1.82) is 0 Å². The van der Waals surface area contributed by atoms with Gasteiger partial charge >= 0.3 is 5.97 Å². The first-order chi connectivity index (χ1) is 9.35. The summed E-state index contributed by atoms with van der Waals surface area (Å²) in [6.07, 6.45) is 0. The van der Waals surface area contributed by atoms with E-state index in [0.717, 1.165) is 0 Å². The Bertz CT molecular complexity index is 469. The van der Waals surface area contributed by atoms with Crippen molar-refractivity contribution >= 4 is 27.8 Å². The van der Waals surface area contributed by atoms with E-state index in [-0.39, 0.29) is 23.6 Å². The molecule has 1 aromatic heterocycles. The van der Waals surface area contributed by atoms with Gasteiger partial charge in [0.1, 0.15) is 0 Å². The summed E-state index contributed by atoms with van der Waals surface area (Å²) in [6, 6.07) is 3.28. The van der Waals surface area contributed by atoms with E-state index in [1.807, 2.05) is 13.8 Å². The number of esters is 1. The van der Waals surface area contributed by atoms with Crippen molar-refractivity contribution in [1.82, 2.24) is 4.90 Å². The number of ether oxygens (including phenoxy) is 1. The van der Waals surface area contributed by atoms with E-state index in [1.54, 1.807) is 24.0 Å². The van der Waals surface area contributed by atoms with Gasteiger partial charge in [-0.2, -0.15) is 0 Å². The molecule has 0 radical (unpaired) electrons. The van der Waals surface area contributed by atoms with E-state index in [2.05, 4.69) is 15.9 Å². The van der Waals surface area contributed by atoms with Crippen LogP contribution in [0.5, 0.6) is 0 Å². The number of carbonyl (C=O) groups is 2. The number of hydrogen-bond donors (Lipinski definition) is 0. The van der Waals surface area contributed by atoms with Gasteiger partial charge in [0.2, 0.25) is 0 Å². The number of halogens is 1. The van der Waals surface area contributed by atoms with Crippen LogP contribution in [-0.2, 0) is 9.53 Å². The van der Waals surface area contributed by atoms with E-state index in [4.69, 9.17) is 9.15 Å². The molecule has 0 bridgehead atoms. The number of furan rings is 1. The zero-order chi connectivity index (χ0) is 15.3. The Hall–Kier alpha value is -1.30. The molecule has 0 spiro atoms. The average molecular weight is 346 g/mol. The highest BCUT2D eigenvalue weighted by Crippen LogP contribution is 2.17. The number of hydrogen-bond acceptors (Lipinski definition) is 4. The molecule has 0 aliphatic rings. The van der Waals surface area contributed by atoms with Crippen LogP contribution in [0.4, 0.5) is 0 Å². The molecule has 0 saturated carbocycles. The van der Waals surface area contributed by atoms with Gasteiger partial charge < -0.3 is 14.1 Å². The van der Waals surface area contributed by atoms with Crippen molar-refractivity contribution in [2.45, 2.75) is 20.8 Å². The normalized spacial score (nSPS) is 12.3. The molecule has 0 saturated heterocycles. The molecular weight excluding hydrogens is 326 g/mol. The van der Waals surface area contributed by atoms with E-state index in [9.17, 15) is 9.59 Å². The maximum absolute atomic E-state index is 12.4. The molecule has 112 valence electrons. The second-order valence-corrected chi connectivity index (χ2v) is 5.91. The molecule has 0 aliphatic carbocycles. The second kappa shape index (κ2) is 7.47. The standard InChI is InChI=1S/C14H20BrNO4/c1-9(2)7-16(8-10(3)14(18)19-4)13(17)11-5-6-12(15)20-11/h5-6,9-10H,7-8H2,1-4H3. The molecule has 1 atom stereocenters. The zero-order valence-electron chi connectivity index (χ0n) is 12.2. The van der Waals surface area contributed by atoms with Gasteiger partial charge in [-0.3, -0.25) is 9.59 Å². The summed E-state index contributed by atoms with van der Waals surface area (Å²) in [5.41, 5.74) is 0. The van der Waals surface area contributed by atoms with Gasteiger partial charge in [-0.05, 0) is 34.0 Å². The SMILES string of the molecule is COC(=O)C(C)CN(CC(C)C)C(=O)c1ccc(Br)o1. The lowest BCUT2D eigenvalue weighted by Gasteiger charge is -2.25. The fourth-order valence-corrected chi connectivity index (χ4v) is 2.18. The molecule has 0 aromatic carbocycles. The number of nitrogens with zero attached hydrogens (tertiary/aromatic N) is 1. The predicted octanol–water partition coefficient (Wildman–Crippen LogP) is 2.95. The molecule has 1 amide bonds. The number of rotatable bonds is 6. The maximum Gasteiger partial charge on any atom is 0.310 e. The fourth-order valence-electron chi connectivity index (χ4n) is 1.87. The lowest BCUT2D eigenvalue weighted by molar-refractivity contribution is -0.145. The Balaban J connectivity index is 2.83. The molecule has 20 heavy (non-hydrogen) atoms. The topological polar surface area (TPSA) is 59.8 Å². The lowest BCUT2D eigenvalue weighted by Crippen LogP contribution is -2.39. The van der Waals surface area contributed by atoms with Crippen LogP contribution >= 0.6 is 15.9 Å². The van der Waals surface area contributed by atoms with Crippen molar-refractivity contribution < 1.29 is 18.7 Å². The van der Waals surface area contributed by atoms with Gasteiger partial charge in [-0.25, -0.2) is 0 Å². The highest BCUT2D eigenvalue weighted by Gasteiger charge is 2.24. The lowest BCUT2D eigenvalue weighted by atomic mass is 10.1. The van der Waals surface area contributed by atoms with Crippen LogP contribution < -0.4 is 0 Å². The van der Waals surface area contributed by atoms with Gasteiger partial charge in [-0.15, -0.1) is 0 Å². The van der Waals surface area contributed by atoms with E-state index in [1.165, 1.54) is 7.11 Å². The van der Waals surface area contributed by atoms with Crippen molar-refractivity contribution in [3.8, 4) is 0 Å². The highest BCUT2D eigenvalue weighted by atomic mass is 79.9. The van der Waals surface area contributed by atoms with Crippen LogP contribution in [0.15, 0.2) is 21.2 Å². The average Bonchev–Trinajstić information content (AvgIpc) is 2.82. The highest BCUT2D eigenvalue weighted by molar-refractivity contribution is 9.10. The summed E-state index contributed by atoms with van der Waals surface area (Å²) in [6.45, 7) is 6.63. The smallest absolute Gasteiger partial charge is 0.310 e. The molecule has 0 aliphatic heterocycles. The summed E-state index contributed by atoms with van der Waals surface area (Å²) in [5, 5.41) is 0. The number of methoxy groups -OCH3 is 1. The van der Waals surface area contributed by atoms with Crippen LogP contribution in [0.25, 0.3) is 0 Å². The first-order valence-corrected chi connectivity index (χ1v) is 7.26. The molecule has 5 nitrogen and oxygen atoms in total. The third kappa shape index (κ3) is 4.67. The van der Waals surface area contributed by atoms with Crippen molar-refractivity contribution in [3.05, 3.63) is 22.6 Å². The maximum atomic E-state index is 12.4. The fraction of sp³-hybridized carbons (Fsp3) is 0.571. The number of carbonyl (C=O) groups excluding carboxylic acids is 2. The minimum Gasteiger partial charge on any atom is -0.469 e. The van der Waals surface area contributed by atoms with Crippen molar-refractivity contribution in [2.75, 3.05) is 20.2 Å². The Morgan fingerprint density at radius 1 is 1.30 bits per heavy atom. The van der Waals surface area contributed by atoms with E-state index in [0.29, 0.717) is 23.7 Å².